The average molecular weight is 292 g/mol. The van der Waals surface area contributed by atoms with Gasteiger partial charge in [-0.25, -0.2) is 0 Å². The van der Waals surface area contributed by atoms with Gasteiger partial charge in [-0.2, -0.15) is 0 Å². The van der Waals surface area contributed by atoms with E-state index in [1.807, 2.05) is 6.92 Å². The van der Waals surface area contributed by atoms with Gasteiger partial charge in [0.05, 0.1) is 0 Å². The third-order valence-corrected chi connectivity index (χ3v) is 3.60. The smallest absolute Gasteiger partial charge is 0.303 e. The van der Waals surface area contributed by atoms with Crippen LogP contribution in [0.1, 0.15) is 36.7 Å². The van der Waals surface area contributed by atoms with E-state index in [0.29, 0.717) is 24.6 Å². The fourth-order valence-corrected chi connectivity index (χ4v) is 2.47. The number of carboxylic acids is 1. The zero-order valence-corrected chi connectivity index (χ0v) is 12.1. The fraction of sp³-hybridized carbons (Fsp3) is 0.571. The summed E-state index contributed by atoms with van der Waals surface area (Å²) >= 11 is 0. The number of nitrogens with zero attached hydrogens (tertiary/aromatic N) is 3. The van der Waals surface area contributed by atoms with Crippen molar-refractivity contribution in [1.29, 1.82) is 0 Å². The summed E-state index contributed by atoms with van der Waals surface area (Å²) in [6.07, 6.45) is 1.86. The van der Waals surface area contributed by atoms with E-state index in [-0.39, 0.29) is 12.3 Å². The SMILES string of the molecule is CCNC(=O)c1ccc(N2CCC(CCC(=O)O)C2)nn1. The van der Waals surface area contributed by atoms with Crippen LogP contribution in [-0.2, 0) is 4.79 Å². The van der Waals surface area contributed by atoms with Crippen LogP contribution in [0.3, 0.4) is 0 Å². The molecule has 1 amide bonds. The minimum absolute atomic E-state index is 0.209. The number of rotatable bonds is 6. The van der Waals surface area contributed by atoms with E-state index in [9.17, 15) is 9.59 Å². The topological polar surface area (TPSA) is 95.4 Å². The lowest BCUT2D eigenvalue weighted by Gasteiger charge is -2.16. The molecule has 1 aliphatic heterocycles. The molecular formula is C14H20N4O3. The van der Waals surface area contributed by atoms with Gasteiger partial charge in [0.1, 0.15) is 0 Å². The van der Waals surface area contributed by atoms with Crippen LogP contribution in [0, 0.1) is 5.92 Å². The van der Waals surface area contributed by atoms with Crippen molar-refractivity contribution in [3.63, 3.8) is 0 Å². The second-order valence-corrected chi connectivity index (χ2v) is 5.17. The van der Waals surface area contributed by atoms with Crippen LogP contribution in [-0.4, -0.2) is 46.8 Å². The normalized spacial score (nSPS) is 17.8. The number of carbonyl (C=O) groups excluding carboxylic acids is 1. The molecule has 2 N–H and O–H groups in total. The van der Waals surface area contributed by atoms with Crippen LogP contribution in [0.25, 0.3) is 0 Å². The Kier molecular flexibility index (Phi) is 5.08. The molecule has 2 rings (SSSR count). The van der Waals surface area contributed by atoms with Crippen molar-refractivity contribution in [2.75, 3.05) is 24.5 Å². The average Bonchev–Trinajstić information content (AvgIpc) is 2.94. The van der Waals surface area contributed by atoms with E-state index in [2.05, 4.69) is 20.4 Å². The van der Waals surface area contributed by atoms with Gasteiger partial charge in [-0.3, -0.25) is 9.59 Å². The Morgan fingerprint density at radius 1 is 1.43 bits per heavy atom. The number of carboxylic acid groups (broad SMARTS) is 1. The molecule has 2 heterocycles. The van der Waals surface area contributed by atoms with Crippen LogP contribution in [0.15, 0.2) is 12.1 Å². The second kappa shape index (κ2) is 7.01. The van der Waals surface area contributed by atoms with Gasteiger partial charge < -0.3 is 15.3 Å². The Bertz CT molecular complexity index is 503. The first kappa shape index (κ1) is 15.2. The molecule has 0 bridgehead atoms. The van der Waals surface area contributed by atoms with Crippen LogP contribution in [0.5, 0.6) is 0 Å². The molecular weight excluding hydrogens is 272 g/mol. The number of hydrogen-bond acceptors (Lipinski definition) is 5. The maximum absolute atomic E-state index is 11.6. The molecule has 0 radical (unpaired) electrons. The second-order valence-electron chi connectivity index (χ2n) is 5.17. The molecule has 1 fully saturated rings. The Labute approximate surface area is 123 Å². The minimum atomic E-state index is -0.750. The summed E-state index contributed by atoms with van der Waals surface area (Å²) in [5.74, 6) is 0.142. The maximum atomic E-state index is 11.6. The van der Waals surface area contributed by atoms with Crippen molar-refractivity contribution < 1.29 is 14.7 Å². The lowest BCUT2D eigenvalue weighted by molar-refractivity contribution is -0.137. The predicted molar refractivity (Wildman–Crippen MR) is 77.2 cm³/mol. The Balaban J connectivity index is 1.91. The number of aromatic nitrogens is 2. The summed E-state index contributed by atoms with van der Waals surface area (Å²) in [5, 5.41) is 19.4. The molecule has 7 nitrogen and oxygen atoms in total. The first-order chi connectivity index (χ1) is 10.1. The summed E-state index contributed by atoms with van der Waals surface area (Å²) in [6, 6.07) is 3.45. The highest BCUT2D eigenvalue weighted by molar-refractivity contribution is 5.92. The summed E-state index contributed by atoms with van der Waals surface area (Å²) in [4.78, 5) is 24.3. The molecule has 21 heavy (non-hydrogen) atoms. The quantitative estimate of drug-likeness (QED) is 0.809. The van der Waals surface area contributed by atoms with Crippen LogP contribution >= 0.6 is 0 Å². The number of aliphatic carboxylic acids is 1. The summed E-state index contributed by atoms with van der Waals surface area (Å²) in [5.41, 5.74) is 0.308. The minimum Gasteiger partial charge on any atom is -0.481 e. The number of amides is 1. The van der Waals surface area contributed by atoms with E-state index in [4.69, 9.17) is 5.11 Å². The molecule has 0 spiro atoms. The highest BCUT2D eigenvalue weighted by Gasteiger charge is 2.24. The van der Waals surface area contributed by atoms with E-state index >= 15 is 0 Å². The first-order valence-corrected chi connectivity index (χ1v) is 7.18. The van der Waals surface area contributed by atoms with Gasteiger partial charge in [-0.15, -0.1) is 10.2 Å². The lowest BCUT2D eigenvalue weighted by Crippen LogP contribution is -2.25. The van der Waals surface area contributed by atoms with Crippen molar-refractivity contribution in [2.24, 2.45) is 5.92 Å². The highest BCUT2D eigenvalue weighted by atomic mass is 16.4. The van der Waals surface area contributed by atoms with E-state index < -0.39 is 5.97 Å². The summed E-state index contributed by atoms with van der Waals surface area (Å²) < 4.78 is 0. The van der Waals surface area contributed by atoms with E-state index in [0.717, 1.165) is 25.3 Å². The molecule has 7 heteroatoms. The number of anilines is 1. The van der Waals surface area contributed by atoms with Gasteiger partial charge >= 0.3 is 5.97 Å². The number of carbonyl (C=O) groups is 2. The Morgan fingerprint density at radius 2 is 2.24 bits per heavy atom. The van der Waals surface area contributed by atoms with Crippen molar-refractivity contribution in [3.8, 4) is 0 Å². The Morgan fingerprint density at radius 3 is 2.86 bits per heavy atom. The standard InChI is InChI=1S/C14H20N4O3/c1-2-15-14(21)11-4-5-12(17-16-11)18-8-7-10(9-18)3-6-13(19)20/h4-5,10H,2-3,6-9H2,1H3,(H,15,21)(H,19,20). The third kappa shape index (κ3) is 4.14. The zero-order valence-electron chi connectivity index (χ0n) is 12.1. The third-order valence-electron chi connectivity index (χ3n) is 3.60. The van der Waals surface area contributed by atoms with Gasteiger partial charge in [0.15, 0.2) is 11.5 Å². The molecule has 1 unspecified atom stereocenters. The van der Waals surface area contributed by atoms with E-state index in [1.54, 1.807) is 12.1 Å². The molecule has 1 atom stereocenters. The fourth-order valence-electron chi connectivity index (χ4n) is 2.47. The molecule has 1 saturated heterocycles. The monoisotopic (exact) mass is 292 g/mol. The Hall–Kier alpha value is -2.18. The lowest BCUT2D eigenvalue weighted by atomic mass is 10.0. The zero-order chi connectivity index (χ0) is 15.2. The van der Waals surface area contributed by atoms with Crippen LogP contribution in [0.4, 0.5) is 5.82 Å². The predicted octanol–water partition coefficient (Wildman–Crippen LogP) is 0.917. The van der Waals surface area contributed by atoms with Gasteiger partial charge in [-0.1, -0.05) is 0 Å². The molecule has 0 aliphatic carbocycles. The first-order valence-electron chi connectivity index (χ1n) is 7.18. The molecule has 1 aliphatic rings. The summed E-state index contributed by atoms with van der Waals surface area (Å²) in [6.45, 7) is 4.04. The highest BCUT2D eigenvalue weighted by Crippen LogP contribution is 2.24. The van der Waals surface area contributed by atoms with Crippen LogP contribution in [0.2, 0.25) is 0 Å². The maximum Gasteiger partial charge on any atom is 0.303 e. The summed E-state index contributed by atoms with van der Waals surface area (Å²) in [7, 11) is 0. The van der Waals surface area contributed by atoms with Gasteiger partial charge in [0.25, 0.3) is 5.91 Å². The van der Waals surface area contributed by atoms with Gasteiger partial charge in [-0.05, 0) is 37.8 Å². The van der Waals surface area contributed by atoms with Crippen molar-refractivity contribution >= 4 is 17.7 Å². The number of hydrogen-bond donors (Lipinski definition) is 2. The van der Waals surface area contributed by atoms with Gasteiger partial charge in [0.2, 0.25) is 0 Å². The van der Waals surface area contributed by atoms with Crippen molar-refractivity contribution in [1.82, 2.24) is 15.5 Å². The largest absolute Gasteiger partial charge is 0.481 e. The van der Waals surface area contributed by atoms with Crippen LogP contribution < -0.4 is 10.2 Å². The number of nitrogens with one attached hydrogen (secondary N) is 1. The molecule has 1 aromatic heterocycles. The molecule has 114 valence electrons. The molecule has 0 saturated carbocycles. The van der Waals surface area contributed by atoms with Crippen molar-refractivity contribution in [2.45, 2.75) is 26.2 Å². The van der Waals surface area contributed by atoms with E-state index in [1.165, 1.54) is 0 Å². The molecule has 1 aromatic rings. The van der Waals surface area contributed by atoms with Gasteiger partial charge in [0, 0.05) is 26.1 Å². The molecule has 0 aromatic carbocycles. The van der Waals surface area contributed by atoms with Crippen molar-refractivity contribution in [3.05, 3.63) is 17.8 Å².